The number of likely N-dealkylation sites (tertiary alicyclic amines) is 1. The number of carboxylic acids is 1. The van der Waals surface area contributed by atoms with Crippen molar-refractivity contribution in [1.29, 1.82) is 0 Å². The van der Waals surface area contributed by atoms with Gasteiger partial charge in [0, 0.05) is 6.54 Å². The van der Waals surface area contributed by atoms with E-state index in [1.165, 1.54) is 4.90 Å². The molecule has 2 rings (SSSR count). The Kier molecular flexibility index (Phi) is 4.45. The molecule has 0 radical (unpaired) electrons. The van der Waals surface area contributed by atoms with E-state index < -0.39 is 29.5 Å². The minimum atomic E-state index is -1.16. The molecule has 1 aromatic rings. The summed E-state index contributed by atoms with van der Waals surface area (Å²) in [5.74, 6) is -2.81. The molecule has 22 heavy (non-hydrogen) atoms. The van der Waals surface area contributed by atoms with Crippen LogP contribution in [0.25, 0.3) is 0 Å². The molecule has 1 unspecified atom stereocenters. The average molecular weight is 327 g/mol. The summed E-state index contributed by atoms with van der Waals surface area (Å²) in [6.45, 7) is 5.46. The maximum Gasteiger partial charge on any atom is 0.397 e. The van der Waals surface area contributed by atoms with Crippen molar-refractivity contribution in [1.82, 2.24) is 15.1 Å². The van der Waals surface area contributed by atoms with Crippen LogP contribution in [-0.2, 0) is 14.3 Å². The van der Waals surface area contributed by atoms with E-state index in [-0.39, 0.29) is 5.01 Å². The van der Waals surface area contributed by atoms with E-state index in [2.05, 4.69) is 10.2 Å². The lowest BCUT2D eigenvalue weighted by atomic mass is 10.2. The smallest absolute Gasteiger partial charge is 0.397 e. The molecule has 1 aliphatic rings. The molecule has 0 saturated carbocycles. The molecule has 1 aliphatic heterocycles. The van der Waals surface area contributed by atoms with Crippen LogP contribution in [0.5, 0.6) is 0 Å². The summed E-state index contributed by atoms with van der Waals surface area (Å²) < 4.78 is 5.08. The van der Waals surface area contributed by atoms with E-state index in [9.17, 15) is 14.4 Å². The van der Waals surface area contributed by atoms with Crippen LogP contribution >= 0.6 is 11.3 Å². The number of hydrogen-bond donors (Lipinski definition) is 1. The largest absolute Gasteiger partial charge is 0.476 e. The molecule has 1 atom stereocenters. The summed E-state index contributed by atoms with van der Waals surface area (Å²) in [4.78, 5) is 36.4. The van der Waals surface area contributed by atoms with Crippen LogP contribution in [0, 0.1) is 0 Å². The number of aromatic nitrogens is 2. The van der Waals surface area contributed by atoms with Crippen LogP contribution in [0.2, 0.25) is 0 Å². The Labute approximate surface area is 131 Å². The fraction of sp³-hybridized carbons (Fsp3) is 0.615. The monoisotopic (exact) mass is 327 g/mol. The fourth-order valence-electron chi connectivity index (χ4n) is 2.16. The first kappa shape index (κ1) is 16.3. The first-order chi connectivity index (χ1) is 10.2. The lowest BCUT2D eigenvalue weighted by Gasteiger charge is -2.24. The maximum atomic E-state index is 12.2. The van der Waals surface area contributed by atoms with E-state index >= 15 is 0 Å². The third kappa shape index (κ3) is 3.59. The molecule has 1 aromatic heterocycles. The van der Waals surface area contributed by atoms with Crippen LogP contribution in [0.15, 0.2) is 0 Å². The third-order valence-electron chi connectivity index (χ3n) is 3.00. The second-order valence-electron chi connectivity index (χ2n) is 5.91. The Morgan fingerprint density at radius 3 is 2.55 bits per heavy atom. The first-order valence-corrected chi connectivity index (χ1v) is 7.61. The normalized spacial score (nSPS) is 18.3. The number of aromatic carboxylic acids is 1. The Balaban J connectivity index is 2.14. The van der Waals surface area contributed by atoms with E-state index in [1.807, 2.05) is 0 Å². The summed E-state index contributed by atoms with van der Waals surface area (Å²) in [6, 6.07) is -0.425. The number of carboxylic acid groups (broad SMARTS) is 1. The molecule has 1 amide bonds. The third-order valence-corrected chi connectivity index (χ3v) is 4.01. The molecule has 0 spiro atoms. The van der Waals surface area contributed by atoms with Gasteiger partial charge in [-0.1, -0.05) is 11.3 Å². The van der Waals surface area contributed by atoms with Gasteiger partial charge in [-0.3, -0.25) is 4.79 Å². The van der Waals surface area contributed by atoms with Crippen molar-refractivity contribution in [3.05, 3.63) is 10.0 Å². The molecule has 0 bridgehead atoms. The SMILES string of the molecule is CC(C)(C)OC(=O)C(=O)N1CCCC1c1nnc(C(=O)O)s1. The predicted molar refractivity (Wildman–Crippen MR) is 76.4 cm³/mol. The summed E-state index contributed by atoms with van der Waals surface area (Å²) in [6.07, 6.45) is 1.32. The summed E-state index contributed by atoms with van der Waals surface area (Å²) in [5, 5.41) is 16.6. The van der Waals surface area contributed by atoms with Gasteiger partial charge in [0.05, 0.1) is 6.04 Å². The minimum Gasteiger partial charge on any atom is -0.476 e. The van der Waals surface area contributed by atoms with Gasteiger partial charge in [0.2, 0.25) is 5.01 Å². The van der Waals surface area contributed by atoms with Crippen LogP contribution in [0.3, 0.4) is 0 Å². The van der Waals surface area contributed by atoms with Gasteiger partial charge in [-0.25, -0.2) is 9.59 Å². The van der Waals surface area contributed by atoms with Crippen LogP contribution in [0.4, 0.5) is 0 Å². The fourth-order valence-corrected chi connectivity index (χ4v) is 2.99. The summed E-state index contributed by atoms with van der Waals surface area (Å²) in [5.41, 5.74) is -0.749. The molecule has 8 nitrogen and oxygen atoms in total. The Hall–Kier alpha value is -2.03. The second kappa shape index (κ2) is 5.99. The van der Waals surface area contributed by atoms with Gasteiger partial charge < -0.3 is 14.7 Å². The molecular formula is C13H17N3O5S. The van der Waals surface area contributed by atoms with Gasteiger partial charge in [-0.15, -0.1) is 10.2 Å². The van der Waals surface area contributed by atoms with Gasteiger partial charge in [0.15, 0.2) is 0 Å². The highest BCUT2D eigenvalue weighted by atomic mass is 32.1. The van der Waals surface area contributed by atoms with Gasteiger partial charge in [-0.05, 0) is 33.6 Å². The zero-order chi connectivity index (χ0) is 16.5. The van der Waals surface area contributed by atoms with Crippen molar-refractivity contribution in [2.45, 2.75) is 45.3 Å². The Morgan fingerprint density at radius 2 is 2.00 bits per heavy atom. The molecule has 9 heteroatoms. The van der Waals surface area contributed by atoms with Gasteiger partial charge in [0.25, 0.3) is 0 Å². The van der Waals surface area contributed by atoms with E-state index in [4.69, 9.17) is 9.84 Å². The molecule has 1 N–H and O–H groups in total. The highest BCUT2D eigenvalue weighted by molar-refractivity contribution is 7.13. The molecule has 0 aromatic carbocycles. The van der Waals surface area contributed by atoms with E-state index in [1.54, 1.807) is 20.8 Å². The zero-order valence-corrected chi connectivity index (χ0v) is 13.3. The van der Waals surface area contributed by atoms with Gasteiger partial charge in [0.1, 0.15) is 10.6 Å². The molecule has 1 saturated heterocycles. The summed E-state index contributed by atoms with van der Waals surface area (Å²) in [7, 11) is 0. The topological polar surface area (TPSA) is 110 Å². The average Bonchev–Trinajstić information content (AvgIpc) is 3.04. The number of esters is 1. The number of nitrogens with zero attached hydrogens (tertiary/aromatic N) is 3. The lowest BCUT2D eigenvalue weighted by Crippen LogP contribution is -2.40. The number of carbonyl (C=O) groups is 3. The highest BCUT2D eigenvalue weighted by Gasteiger charge is 2.37. The van der Waals surface area contributed by atoms with Crippen molar-refractivity contribution < 1.29 is 24.2 Å². The highest BCUT2D eigenvalue weighted by Crippen LogP contribution is 2.33. The first-order valence-electron chi connectivity index (χ1n) is 6.79. The lowest BCUT2D eigenvalue weighted by molar-refractivity contribution is -0.168. The number of carbonyl (C=O) groups excluding carboxylic acids is 2. The predicted octanol–water partition coefficient (Wildman–Crippen LogP) is 1.24. The van der Waals surface area contributed by atoms with Gasteiger partial charge >= 0.3 is 17.8 Å². The number of ether oxygens (including phenoxy) is 1. The van der Waals surface area contributed by atoms with Crippen molar-refractivity contribution in [2.75, 3.05) is 6.54 Å². The van der Waals surface area contributed by atoms with Crippen molar-refractivity contribution in [2.24, 2.45) is 0 Å². The number of amides is 1. The second-order valence-corrected chi connectivity index (χ2v) is 6.92. The van der Waals surface area contributed by atoms with E-state index in [0.717, 1.165) is 11.3 Å². The molecule has 1 fully saturated rings. The quantitative estimate of drug-likeness (QED) is 0.643. The molecule has 0 aliphatic carbocycles. The minimum absolute atomic E-state index is 0.133. The van der Waals surface area contributed by atoms with E-state index in [0.29, 0.717) is 24.4 Å². The van der Waals surface area contributed by atoms with Crippen molar-refractivity contribution in [3.8, 4) is 0 Å². The Bertz CT molecular complexity index is 607. The number of rotatable bonds is 2. The van der Waals surface area contributed by atoms with Crippen LogP contribution in [0.1, 0.15) is 54.5 Å². The molecular weight excluding hydrogens is 310 g/mol. The van der Waals surface area contributed by atoms with Crippen LogP contribution < -0.4 is 0 Å². The summed E-state index contributed by atoms with van der Waals surface area (Å²) >= 11 is 0.916. The molecule has 2 heterocycles. The van der Waals surface area contributed by atoms with Crippen LogP contribution in [-0.4, -0.2) is 50.2 Å². The van der Waals surface area contributed by atoms with Gasteiger partial charge in [-0.2, -0.15) is 0 Å². The zero-order valence-electron chi connectivity index (χ0n) is 12.5. The maximum absolute atomic E-state index is 12.2. The number of hydrogen-bond acceptors (Lipinski definition) is 7. The van der Waals surface area contributed by atoms with Crippen molar-refractivity contribution >= 4 is 29.2 Å². The Morgan fingerprint density at radius 1 is 1.32 bits per heavy atom. The molecule has 120 valence electrons. The van der Waals surface area contributed by atoms with Crippen molar-refractivity contribution in [3.63, 3.8) is 0 Å². The standard InChI is InChI=1S/C13H17N3O5S/c1-13(2,3)21-12(20)10(17)16-6-4-5-7(16)8-14-15-9(22-8)11(18)19/h7H,4-6H2,1-3H3,(H,18,19).